The zero-order chi connectivity index (χ0) is 13.7. The van der Waals surface area contributed by atoms with Crippen molar-refractivity contribution in [1.82, 2.24) is 5.32 Å². The van der Waals surface area contributed by atoms with Crippen molar-refractivity contribution in [3.05, 3.63) is 0 Å². The summed E-state index contributed by atoms with van der Waals surface area (Å²) in [5.41, 5.74) is 1.18. The molecule has 0 aliphatic rings. The maximum Gasteiger partial charge on any atom is 0.00967 e. The molecular formula is C16H35N. The van der Waals surface area contributed by atoms with Crippen molar-refractivity contribution in [3.8, 4) is 0 Å². The Labute approximate surface area is 110 Å². The summed E-state index contributed by atoms with van der Waals surface area (Å²) in [5, 5.41) is 3.70. The maximum atomic E-state index is 3.70. The van der Waals surface area contributed by atoms with Crippen molar-refractivity contribution < 1.29 is 0 Å². The largest absolute Gasteiger partial charge is 0.312 e. The van der Waals surface area contributed by atoms with E-state index in [0.29, 0.717) is 10.8 Å². The highest BCUT2D eigenvalue weighted by molar-refractivity contribution is 4.84. The summed E-state index contributed by atoms with van der Waals surface area (Å²) in [6.45, 7) is 19.7. The fraction of sp³-hybridized carbons (Fsp3) is 1.00. The van der Waals surface area contributed by atoms with Crippen LogP contribution in [0.4, 0.5) is 0 Å². The van der Waals surface area contributed by atoms with Crippen molar-refractivity contribution in [3.63, 3.8) is 0 Å². The third-order valence-corrected chi connectivity index (χ3v) is 3.90. The molecule has 0 aromatic carbocycles. The van der Waals surface area contributed by atoms with Crippen molar-refractivity contribution in [2.45, 2.75) is 86.6 Å². The third kappa shape index (κ3) is 7.81. The van der Waals surface area contributed by atoms with Gasteiger partial charge in [0.1, 0.15) is 0 Å². The van der Waals surface area contributed by atoms with Crippen LogP contribution in [0.25, 0.3) is 0 Å². The standard InChI is InChI=1S/C16H35N/c1-9-16(10-2,12-11-14(3,4)5)13-17-15(6,7)8/h17H,9-13H2,1-8H3. The summed E-state index contributed by atoms with van der Waals surface area (Å²) in [5.74, 6) is 0. The molecule has 0 aliphatic heterocycles. The molecule has 1 nitrogen and oxygen atoms in total. The average Bonchev–Trinajstić information content (AvgIpc) is 2.16. The van der Waals surface area contributed by atoms with E-state index >= 15 is 0 Å². The molecule has 0 bridgehead atoms. The SMILES string of the molecule is CCC(CC)(CCC(C)(C)C)CNC(C)(C)C. The zero-order valence-electron chi connectivity index (χ0n) is 13.5. The lowest BCUT2D eigenvalue weighted by Gasteiger charge is -2.37. The molecule has 104 valence electrons. The molecule has 0 spiro atoms. The van der Waals surface area contributed by atoms with Gasteiger partial charge < -0.3 is 5.32 Å². The van der Waals surface area contributed by atoms with Crippen molar-refractivity contribution in [1.29, 1.82) is 0 Å². The van der Waals surface area contributed by atoms with E-state index in [1.54, 1.807) is 0 Å². The minimum Gasteiger partial charge on any atom is -0.312 e. The molecule has 0 unspecified atom stereocenters. The van der Waals surface area contributed by atoms with Crippen LogP contribution in [0.1, 0.15) is 81.1 Å². The fourth-order valence-corrected chi connectivity index (χ4v) is 2.03. The fourth-order valence-electron chi connectivity index (χ4n) is 2.03. The first-order chi connectivity index (χ1) is 7.54. The molecule has 0 rings (SSSR count). The summed E-state index contributed by atoms with van der Waals surface area (Å²) in [6, 6.07) is 0. The summed E-state index contributed by atoms with van der Waals surface area (Å²) in [7, 11) is 0. The van der Waals surface area contributed by atoms with Gasteiger partial charge in [-0.1, -0.05) is 34.6 Å². The van der Waals surface area contributed by atoms with Crippen LogP contribution in [-0.4, -0.2) is 12.1 Å². The summed E-state index contributed by atoms with van der Waals surface area (Å²) < 4.78 is 0. The highest BCUT2D eigenvalue weighted by Crippen LogP contribution is 2.36. The Kier molecular flexibility index (Phi) is 6.21. The lowest BCUT2D eigenvalue weighted by Crippen LogP contribution is -2.44. The van der Waals surface area contributed by atoms with E-state index in [2.05, 4.69) is 60.7 Å². The molecule has 0 saturated heterocycles. The van der Waals surface area contributed by atoms with Crippen LogP contribution in [0.15, 0.2) is 0 Å². The molecule has 1 heteroatoms. The molecule has 0 amide bonds. The van der Waals surface area contributed by atoms with Gasteiger partial charge in [-0.3, -0.25) is 0 Å². The van der Waals surface area contributed by atoms with Crippen LogP contribution in [0, 0.1) is 10.8 Å². The Balaban J connectivity index is 4.46. The molecule has 0 aromatic rings. The van der Waals surface area contributed by atoms with Crippen molar-refractivity contribution in [2.24, 2.45) is 10.8 Å². The van der Waals surface area contributed by atoms with E-state index in [1.807, 2.05) is 0 Å². The molecule has 0 heterocycles. The number of hydrogen-bond acceptors (Lipinski definition) is 1. The zero-order valence-corrected chi connectivity index (χ0v) is 13.5. The van der Waals surface area contributed by atoms with Gasteiger partial charge in [0.2, 0.25) is 0 Å². The van der Waals surface area contributed by atoms with Crippen molar-refractivity contribution in [2.75, 3.05) is 6.54 Å². The summed E-state index contributed by atoms with van der Waals surface area (Å²) >= 11 is 0. The Hall–Kier alpha value is -0.0400. The van der Waals surface area contributed by atoms with Crippen LogP contribution in [0.2, 0.25) is 0 Å². The van der Waals surface area contributed by atoms with E-state index < -0.39 is 0 Å². The lowest BCUT2D eigenvalue weighted by molar-refractivity contribution is 0.174. The van der Waals surface area contributed by atoms with Crippen LogP contribution < -0.4 is 5.32 Å². The number of nitrogens with one attached hydrogen (secondary N) is 1. The Morgan fingerprint density at radius 1 is 0.765 bits per heavy atom. The monoisotopic (exact) mass is 241 g/mol. The quantitative estimate of drug-likeness (QED) is 0.689. The Morgan fingerprint density at radius 3 is 1.53 bits per heavy atom. The van der Waals surface area contributed by atoms with Crippen LogP contribution in [-0.2, 0) is 0 Å². The van der Waals surface area contributed by atoms with Gasteiger partial charge in [0.15, 0.2) is 0 Å². The molecule has 0 aliphatic carbocycles. The molecule has 0 saturated carbocycles. The van der Waals surface area contributed by atoms with Gasteiger partial charge in [0.25, 0.3) is 0 Å². The second-order valence-electron chi connectivity index (χ2n) is 7.87. The predicted octanol–water partition coefficient (Wildman–Crippen LogP) is 5.01. The van der Waals surface area contributed by atoms with Gasteiger partial charge in [-0.25, -0.2) is 0 Å². The maximum absolute atomic E-state index is 3.70. The second kappa shape index (κ2) is 6.22. The molecule has 0 fully saturated rings. The van der Waals surface area contributed by atoms with Gasteiger partial charge in [-0.2, -0.15) is 0 Å². The number of hydrogen-bond donors (Lipinski definition) is 1. The topological polar surface area (TPSA) is 12.0 Å². The molecule has 0 aromatic heterocycles. The first-order valence-corrected chi connectivity index (χ1v) is 7.29. The summed E-state index contributed by atoms with van der Waals surface area (Å²) in [4.78, 5) is 0. The highest BCUT2D eigenvalue weighted by atomic mass is 15.0. The third-order valence-electron chi connectivity index (χ3n) is 3.90. The molecular weight excluding hydrogens is 206 g/mol. The smallest absolute Gasteiger partial charge is 0.00967 e. The van der Waals surface area contributed by atoms with E-state index in [0.717, 1.165) is 6.54 Å². The van der Waals surface area contributed by atoms with E-state index in [9.17, 15) is 0 Å². The first kappa shape index (κ1) is 17.0. The van der Waals surface area contributed by atoms with Gasteiger partial charge in [-0.15, -0.1) is 0 Å². The van der Waals surface area contributed by atoms with E-state index in [1.165, 1.54) is 25.7 Å². The number of rotatable bonds is 6. The van der Waals surface area contributed by atoms with Crippen molar-refractivity contribution >= 4 is 0 Å². The minimum absolute atomic E-state index is 0.233. The lowest BCUT2D eigenvalue weighted by atomic mass is 9.73. The van der Waals surface area contributed by atoms with Gasteiger partial charge >= 0.3 is 0 Å². The van der Waals surface area contributed by atoms with Crippen LogP contribution in [0.5, 0.6) is 0 Å². The normalized spacial score (nSPS) is 14.1. The Morgan fingerprint density at radius 2 is 1.24 bits per heavy atom. The van der Waals surface area contributed by atoms with Gasteiger partial charge in [0, 0.05) is 12.1 Å². The molecule has 0 atom stereocenters. The first-order valence-electron chi connectivity index (χ1n) is 7.29. The molecule has 1 N–H and O–H groups in total. The summed E-state index contributed by atoms with van der Waals surface area (Å²) in [6.07, 6.45) is 5.22. The van der Waals surface area contributed by atoms with Crippen LogP contribution >= 0.6 is 0 Å². The van der Waals surface area contributed by atoms with Crippen LogP contribution in [0.3, 0.4) is 0 Å². The van der Waals surface area contributed by atoms with E-state index in [4.69, 9.17) is 0 Å². The second-order valence-corrected chi connectivity index (χ2v) is 7.87. The Bertz CT molecular complexity index is 181. The van der Waals surface area contributed by atoms with Gasteiger partial charge in [-0.05, 0) is 57.3 Å². The molecule has 17 heavy (non-hydrogen) atoms. The predicted molar refractivity (Wildman–Crippen MR) is 79.5 cm³/mol. The molecule has 0 radical (unpaired) electrons. The highest BCUT2D eigenvalue weighted by Gasteiger charge is 2.29. The van der Waals surface area contributed by atoms with E-state index in [-0.39, 0.29) is 5.54 Å². The minimum atomic E-state index is 0.233. The van der Waals surface area contributed by atoms with Gasteiger partial charge in [0.05, 0.1) is 0 Å². The average molecular weight is 241 g/mol.